The number of fused-ring (bicyclic) bond motifs is 1. The molecule has 3 heteroatoms. The van der Waals surface area contributed by atoms with Crippen molar-refractivity contribution in [2.24, 2.45) is 0 Å². The number of aromatic nitrogens is 2. The highest BCUT2D eigenvalue weighted by atomic mass is 35.5. The van der Waals surface area contributed by atoms with Crippen LogP contribution in [0.25, 0.3) is 11.0 Å². The number of aryl methyl sites for hydroxylation is 1. The van der Waals surface area contributed by atoms with Crippen LogP contribution in [0.15, 0.2) is 18.5 Å². The summed E-state index contributed by atoms with van der Waals surface area (Å²) in [6, 6.07) is 3.82. The SMILES string of the molecule is CCc1c(Cl)ccc2nc[nH]c12. The van der Waals surface area contributed by atoms with E-state index >= 15 is 0 Å². The summed E-state index contributed by atoms with van der Waals surface area (Å²) in [7, 11) is 0. The van der Waals surface area contributed by atoms with Crippen LogP contribution in [0.2, 0.25) is 5.02 Å². The molecule has 0 saturated carbocycles. The fraction of sp³-hybridized carbons (Fsp3) is 0.222. The zero-order valence-electron chi connectivity index (χ0n) is 6.76. The Bertz CT molecular complexity index is 406. The lowest BCUT2D eigenvalue weighted by molar-refractivity contribution is 1.15. The lowest BCUT2D eigenvalue weighted by atomic mass is 10.1. The molecule has 0 bridgehead atoms. The maximum absolute atomic E-state index is 6.01. The first-order chi connectivity index (χ1) is 5.83. The number of benzene rings is 1. The van der Waals surface area contributed by atoms with Crippen LogP contribution in [0.4, 0.5) is 0 Å². The highest BCUT2D eigenvalue weighted by Crippen LogP contribution is 2.23. The van der Waals surface area contributed by atoms with Gasteiger partial charge in [-0.15, -0.1) is 0 Å². The molecule has 12 heavy (non-hydrogen) atoms. The molecule has 62 valence electrons. The molecule has 1 aromatic carbocycles. The van der Waals surface area contributed by atoms with Gasteiger partial charge < -0.3 is 4.98 Å². The van der Waals surface area contributed by atoms with Crippen LogP contribution in [0, 0.1) is 0 Å². The summed E-state index contributed by atoms with van der Waals surface area (Å²) in [5.41, 5.74) is 3.19. The fourth-order valence-electron chi connectivity index (χ4n) is 1.39. The maximum atomic E-state index is 6.01. The van der Waals surface area contributed by atoms with Gasteiger partial charge >= 0.3 is 0 Å². The molecule has 0 saturated heterocycles. The third-order valence-electron chi connectivity index (χ3n) is 2.00. The number of halogens is 1. The van der Waals surface area contributed by atoms with E-state index in [1.165, 1.54) is 0 Å². The molecule has 2 aromatic rings. The van der Waals surface area contributed by atoms with Gasteiger partial charge in [-0.3, -0.25) is 0 Å². The molecule has 1 heterocycles. The summed E-state index contributed by atoms with van der Waals surface area (Å²) in [5, 5.41) is 0.814. The third kappa shape index (κ3) is 0.994. The normalized spacial score (nSPS) is 10.8. The van der Waals surface area contributed by atoms with Crippen LogP contribution in [-0.2, 0) is 6.42 Å². The van der Waals surface area contributed by atoms with E-state index in [1.54, 1.807) is 6.33 Å². The van der Waals surface area contributed by atoms with E-state index in [-0.39, 0.29) is 0 Å². The first kappa shape index (κ1) is 7.62. The van der Waals surface area contributed by atoms with Gasteiger partial charge in [0.2, 0.25) is 0 Å². The smallest absolute Gasteiger partial charge is 0.0931 e. The summed E-state index contributed by atoms with van der Waals surface area (Å²) >= 11 is 6.01. The molecule has 1 aromatic heterocycles. The molecule has 0 atom stereocenters. The molecule has 2 nitrogen and oxygen atoms in total. The lowest BCUT2D eigenvalue weighted by Gasteiger charge is -2.00. The van der Waals surface area contributed by atoms with E-state index in [2.05, 4.69) is 16.9 Å². The second-order valence-corrected chi connectivity index (χ2v) is 3.08. The second-order valence-electron chi connectivity index (χ2n) is 2.68. The molecule has 2 rings (SSSR count). The monoisotopic (exact) mass is 180 g/mol. The Morgan fingerprint density at radius 2 is 2.33 bits per heavy atom. The number of rotatable bonds is 1. The number of hydrogen-bond donors (Lipinski definition) is 1. The Morgan fingerprint density at radius 1 is 1.50 bits per heavy atom. The first-order valence-electron chi connectivity index (χ1n) is 3.93. The summed E-state index contributed by atoms with van der Waals surface area (Å²) in [6.07, 6.45) is 2.62. The minimum absolute atomic E-state index is 0.814. The largest absolute Gasteiger partial charge is 0.344 e. The van der Waals surface area contributed by atoms with Crippen LogP contribution in [0.5, 0.6) is 0 Å². The predicted octanol–water partition coefficient (Wildman–Crippen LogP) is 2.78. The Labute approximate surface area is 75.6 Å². The van der Waals surface area contributed by atoms with E-state index in [1.807, 2.05) is 12.1 Å². The van der Waals surface area contributed by atoms with Crippen molar-refractivity contribution in [3.63, 3.8) is 0 Å². The van der Waals surface area contributed by atoms with Crippen molar-refractivity contribution < 1.29 is 0 Å². The quantitative estimate of drug-likeness (QED) is 0.719. The number of hydrogen-bond acceptors (Lipinski definition) is 1. The molecule has 0 unspecified atom stereocenters. The molecule has 0 radical (unpaired) electrons. The average molecular weight is 181 g/mol. The first-order valence-corrected chi connectivity index (χ1v) is 4.31. The Balaban J connectivity index is 2.83. The molecular formula is C9H9ClN2. The van der Waals surface area contributed by atoms with Crippen LogP contribution in [0.1, 0.15) is 12.5 Å². The second kappa shape index (κ2) is 2.79. The van der Waals surface area contributed by atoms with Gasteiger partial charge in [0.05, 0.1) is 17.4 Å². The summed E-state index contributed by atoms with van der Waals surface area (Å²) in [6.45, 7) is 2.08. The third-order valence-corrected chi connectivity index (χ3v) is 2.35. The number of aromatic amines is 1. The Hall–Kier alpha value is -1.02. The van der Waals surface area contributed by atoms with Gasteiger partial charge in [0.25, 0.3) is 0 Å². The zero-order chi connectivity index (χ0) is 8.55. The van der Waals surface area contributed by atoms with Crippen LogP contribution in [0.3, 0.4) is 0 Å². The van der Waals surface area contributed by atoms with Gasteiger partial charge in [0.1, 0.15) is 0 Å². The molecule has 0 aliphatic carbocycles. The van der Waals surface area contributed by atoms with Gasteiger partial charge in [-0.25, -0.2) is 4.98 Å². The number of imidazole rings is 1. The maximum Gasteiger partial charge on any atom is 0.0931 e. The molecule has 0 aliphatic heterocycles. The topological polar surface area (TPSA) is 28.7 Å². The van der Waals surface area contributed by atoms with Crippen molar-refractivity contribution in [1.29, 1.82) is 0 Å². The van der Waals surface area contributed by atoms with Gasteiger partial charge in [-0.05, 0) is 24.1 Å². The van der Waals surface area contributed by atoms with Gasteiger partial charge in [-0.1, -0.05) is 18.5 Å². The predicted molar refractivity (Wildman–Crippen MR) is 50.5 cm³/mol. The van der Waals surface area contributed by atoms with Crippen molar-refractivity contribution in [2.45, 2.75) is 13.3 Å². The Morgan fingerprint density at radius 3 is 3.08 bits per heavy atom. The Kier molecular flexibility index (Phi) is 1.77. The van der Waals surface area contributed by atoms with E-state index < -0.39 is 0 Å². The van der Waals surface area contributed by atoms with Crippen molar-refractivity contribution in [2.75, 3.05) is 0 Å². The summed E-state index contributed by atoms with van der Waals surface area (Å²) in [4.78, 5) is 7.24. The van der Waals surface area contributed by atoms with Crippen LogP contribution in [-0.4, -0.2) is 9.97 Å². The fourth-order valence-corrected chi connectivity index (χ4v) is 1.68. The standard InChI is InChI=1S/C9H9ClN2/c1-2-6-7(10)3-4-8-9(6)12-5-11-8/h3-5H,2H2,1H3,(H,11,12). The van der Waals surface area contributed by atoms with Gasteiger partial charge in [0.15, 0.2) is 0 Å². The molecule has 0 aliphatic rings. The molecule has 0 fully saturated rings. The molecular weight excluding hydrogens is 172 g/mol. The number of nitrogens with one attached hydrogen (secondary N) is 1. The van der Waals surface area contributed by atoms with Crippen LogP contribution < -0.4 is 0 Å². The molecule has 1 N–H and O–H groups in total. The lowest BCUT2D eigenvalue weighted by Crippen LogP contribution is -1.84. The molecule has 0 spiro atoms. The zero-order valence-corrected chi connectivity index (χ0v) is 7.52. The molecule has 0 amide bonds. The minimum atomic E-state index is 0.814. The highest BCUT2D eigenvalue weighted by Gasteiger charge is 2.04. The van der Waals surface area contributed by atoms with Crippen molar-refractivity contribution >= 4 is 22.6 Å². The summed E-state index contributed by atoms with van der Waals surface area (Å²) < 4.78 is 0. The van der Waals surface area contributed by atoms with E-state index in [0.717, 1.165) is 28.0 Å². The van der Waals surface area contributed by atoms with Crippen molar-refractivity contribution in [1.82, 2.24) is 9.97 Å². The minimum Gasteiger partial charge on any atom is -0.344 e. The number of nitrogens with zero attached hydrogens (tertiary/aromatic N) is 1. The average Bonchev–Trinajstić information content (AvgIpc) is 2.52. The van der Waals surface area contributed by atoms with Crippen molar-refractivity contribution in [3.05, 3.63) is 29.0 Å². The highest BCUT2D eigenvalue weighted by molar-refractivity contribution is 6.32. The summed E-state index contributed by atoms with van der Waals surface area (Å²) in [5.74, 6) is 0. The van der Waals surface area contributed by atoms with E-state index in [0.29, 0.717) is 0 Å². The van der Waals surface area contributed by atoms with Gasteiger partial charge in [-0.2, -0.15) is 0 Å². The number of H-pyrrole nitrogens is 1. The van der Waals surface area contributed by atoms with E-state index in [9.17, 15) is 0 Å². The van der Waals surface area contributed by atoms with Crippen LogP contribution >= 0.6 is 11.6 Å². The van der Waals surface area contributed by atoms with Gasteiger partial charge in [0, 0.05) is 5.02 Å². The van der Waals surface area contributed by atoms with E-state index in [4.69, 9.17) is 11.6 Å². The van der Waals surface area contributed by atoms with Crippen molar-refractivity contribution in [3.8, 4) is 0 Å².